The molecule has 1 aromatic carbocycles. The van der Waals surface area contributed by atoms with Crippen LogP contribution in [0.4, 0.5) is 10.3 Å². The van der Waals surface area contributed by atoms with Crippen LogP contribution in [0.15, 0.2) is 24.3 Å². The van der Waals surface area contributed by atoms with Gasteiger partial charge in [0, 0.05) is 0 Å². The highest BCUT2D eigenvalue weighted by molar-refractivity contribution is 6.03. The van der Waals surface area contributed by atoms with E-state index in [9.17, 15) is 9.18 Å². The van der Waals surface area contributed by atoms with E-state index in [0.29, 0.717) is 0 Å². The molecule has 1 heterocycles. The lowest BCUT2D eigenvalue weighted by Crippen LogP contribution is -2.16. The molecule has 0 spiro atoms. The number of amides is 1. The van der Waals surface area contributed by atoms with Gasteiger partial charge in [0.25, 0.3) is 5.91 Å². The smallest absolute Gasteiger partial charge is 0.260 e. The molecule has 2 rings (SSSR count). The van der Waals surface area contributed by atoms with Crippen molar-refractivity contribution in [2.45, 2.75) is 6.92 Å². The van der Waals surface area contributed by atoms with Crippen molar-refractivity contribution in [1.29, 1.82) is 0 Å². The lowest BCUT2D eigenvalue weighted by Gasteiger charge is -2.08. The number of halogens is 1. The first-order chi connectivity index (χ1) is 10.0. The summed E-state index contributed by atoms with van der Waals surface area (Å²) in [6.07, 6.45) is 0. The van der Waals surface area contributed by atoms with Gasteiger partial charge in [-0.3, -0.25) is 10.1 Å². The minimum atomic E-state index is -0.650. The molecule has 1 amide bonds. The van der Waals surface area contributed by atoms with E-state index in [1.165, 1.54) is 32.4 Å². The van der Waals surface area contributed by atoms with Gasteiger partial charge < -0.3 is 9.47 Å². The van der Waals surface area contributed by atoms with Gasteiger partial charge in [0.2, 0.25) is 17.7 Å². The molecule has 0 atom stereocenters. The lowest BCUT2D eigenvalue weighted by atomic mass is 10.1. The van der Waals surface area contributed by atoms with Crippen molar-refractivity contribution in [3.63, 3.8) is 0 Å². The van der Waals surface area contributed by atoms with Gasteiger partial charge in [-0.2, -0.15) is 9.97 Å². The SMILES string of the molecule is COc1cc(OC)nc(NC(=O)c2ccc(C)cc2F)n1. The predicted octanol–water partition coefficient (Wildman–Crippen LogP) is 2.19. The average Bonchev–Trinajstić information content (AvgIpc) is 2.46. The Kier molecular flexibility index (Phi) is 4.32. The molecule has 7 heteroatoms. The molecule has 0 bridgehead atoms. The van der Waals surface area contributed by atoms with Crippen LogP contribution in [-0.4, -0.2) is 30.1 Å². The molecular weight excluding hydrogens is 277 g/mol. The van der Waals surface area contributed by atoms with E-state index in [4.69, 9.17) is 9.47 Å². The Morgan fingerprint density at radius 2 is 1.76 bits per heavy atom. The second-order valence-electron chi connectivity index (χ2n) is 4.21. The van der Waals surface area contributed by atoms with Crippen LogP contribution < -0.4 is 14.8 Å². The van der Waals surface area contributed by atoms with Crippen LogP contribution in [0.1, 0.15) is 15.9 Å². The van der Waals surface area contributed by atoms with Crippen LogP contribution in [0.5, 0.6) is 11.8 Å². The summed E-state index contributed by atoms with van der Waals surface area (Å²) in [4.78, 5) is 19.9. The Balaban J connectivity index is 2.26. The van der Waals surface area contributed by atoms with Crippen LogP contribution >= 0.6 is 0 Å². The number of rotatable bonds is 4. The van der Waals surface area contributed by atoms with Gasteiger partial charge in [0.15, 0.2) is 0 Å². The van der Waals surface area contributed by atoms with Crippen molar-refractivity contribution < 1.29 is 18.7 Å². The summed E-state index contributed by atoms with van der Waals surface area (Å²) in [5.41, 5.74) is 0.634. The molecule has 110 valence electrons. The Morgan fingerprint density at radius 3 is 2.29 bits per heavy atom. The van der Waals surface area contributed by atoms with Gasteiger partial charge in [-0.15, -0.1) is 0 Å². The van der Waals surface area contributed by atoms with Crippen molar-refractivity contribution in [2.24, 2.45) is 0 Å². The summed E-state index contributed by atoms with van der Waals surface area (Å²) in [5.74, 6) is -0.843. The quantitative estimate of drug-likeness (QED) is 0.934. The molecule has 0 unspecified atom stereocenters. The number of methoxy groups -OCH3 is 2. The van der Waals surface area contributed by atoms with Gasteiger partial charge in [0.1, 0.15) is 5.82 Å². The predicted molar refractivity (Wildman–Crippen MR) is 74.2 cm³/mol. The number of carbonyl (C=O) groups is 1. The number of aryl methyl sites for hydroxylation is 1. The highest BCUT2D eigenvalue weighted by atomic mass is 19.1. The van der Waals surface area contributed by atoms with Crippen molar-refractivity contribution in [2.75, 3.05) is 19.5 Å². The van der Waals surface area contributed by atoms with E-state index in [-0.39, 0.29) is 23.3 Å². The van der Waals surface area contributed by atoms with Crippen molar-refractivity contribution in [1.82, 2.24) is 9.97 Å². The van der Waals surface area contributed by atoms with Crippen LogP contribution in [0.2, 0.25) is 0 Å². The number of nitrogens with one attached hydrogen (secondary N) is 1. The number of anilines is 1. The molecule has 0 radical (unpaired) electrons. The Labute approximate surface area is 120 Å². The first-order valence-corrected chi connectivity index (χ1v) is 6.08. The topological polar surface area (TPSA) is 73.3 Å². The summed E-state index contributed by atoms with van der Waals surface area (Å²) < 4.78 is 23.7. The highest BCUT2D eigenvalue weighted by Crippen LogP contribution is 2.18. The Hall–Kier alpha value is -2.70. The summed E-state index contributed by atoms with van der Waals surface area (Å²) in [6, 6.07) is 5.78. The summed E-state index contributed by atoms with van der Waals surface area (Å²) in [5, 5.41) is 2.41. The van der Waals surface area contributed by atoms with E-state index < -0.39 is 11.7 Å². The van der Waals surface area contributed by atoms with E-state index in [0.717, 1.165) is 5.56 Å². The zero-order valence-electron chi connectivity index (χ0n) is 11.8. The Bertz CT molecular complexity index is 654. The molecule has 2 aromatic rings. The highest BCUT2D eigenvalue weighted by Gasteiger charge is 2.14. The van der Waals surface area contributed by atoms with Crippen LogP contribution in [0.3, 0.4) is 0 Å². The van der Waals surface area contributed by atoms with Crippen molar-refractivity contribution in [3.05, 3.63) is 41.2 Å². The molecule has 0 fully saturated rings. The minimum absolute atomic E-state index is 0.0313. The lowest BCUT2D eigenvalue weighted by molar-refractivity contribution is 0.102. The van der Waals surface area contributed by atoms with Gasteiger partial charge in [0.05, 0.1) is 25.8 Å². The van der Waals surface area contributed by atoms with Crippen molar-refractivity contribution in [3.8, 4) is 11.8 Å². The summed E-state index contributed by atoms with van der Waals surface area (Å²) >= 11 is 0. The largest absolute Gasteiger partial charge is 0.481 e. The summed E-state index contributed by atoms with van der Waals surface area (Å²) in [7, 11) is 2.85. The van der Waals surface area contributed by atoms with E-state index in [1.54, 1.807) is 13.0 Å². The molecule has 1 N–H and O–H groups in total. The van der Waals surface area contributed by atoms with E-state index in [2.05, 4.69) is 15.3 Å². The van der Waals surface area contributed by atoms with Crippen LogP contribution in [-0.2, 0) is 0 Å². The van der Waals surface area contributed by atoms with E-state index in [1.807, 2.05) is 0 Å². The van der Waals surface area contributed by atoms with Crippen LogP contribution in [0, 0.1) is 12.7 Å². The van der Waals surface area contributed by atoms with Crippen LogP contribution in [0.25, 0.3) is 0 Å². The fourth-order valence-corrected chi connectivity index (χ4v) is 1.64. The first kappa shape index (κ1) is 14.7. The van der Waals surface area contributed by atoms with Gasteiger partial charge in [-0.05, 0) is 24.6 Å². The first-order valence-electron chi connectivity index (χ1n) is 6.08. The summed E-state index contributed by atoms with van der Waals surface area (Å²) in [6.45, 7) is 1.74. The Morgan fingerprint density at radius 1 is 1.14 bits per heavy atom. The second-order valence-corrected chi connectivity index (χ2v) is 4.21. The molecule has 6 nitrogen and oxygen atoms in total. The third-order valence-electron chi connectivity index (χ3n) is 2.69. The number of hydrogen-bond acceptors (Lipinski definition) is 5. The van der Waals surface area contributed by atoms with Crippen molar-refractivity contribution >= 4 is 11.9 Å². The zero-order valence-corrected chi connectivity index (χ0v) is 11.8. The van der Waals surface area contributed by atoms with Gasteiger partial charge in [-0.25, -0.2) is 4.39 Å². The van der Waals surface area contributed by atoms with Gasteiger partial charge >= 0.3 is 0 Å². The number of ether oxygens (including phenoxy) is 2. The fourth-order valence-electron chi connectivity index (χ4n) is 1.64. The monoisotopic (exact) mass is 291 g/mol. The average molecular weight is 291 g/mol. The molecule has 1 aromatic heterocycles. The minimum Gasteiger partial charge on any atom is -0.481 e. The molecule has 0 saturated heterocycles. The fraction of sp³-hybridized carbons (Fsp3) is 0.214. The van der Waals surface area contributed by atoms with E-state index >= 15 is 0 Å². The third-order valence-corrected chi connectivity index (χ3v) is 2.69. The number of carbonyl (C=O) groups excluding carboxylic acids is 1. The number of hydrogen-bond donors (Lipinski definition) is 1. The maximum Gasteiger partial charge on any atom is 0.260 e. The van der Waals surface area contributed by atoms with Gasteiger partial charge in [-0.1, -0.05) is 6.07 Å². The second kappa shape index (κ2) is 6.17. The molecule has 0 aliphatic carbocycles. The molecule has 21 heavy (non-hydrogen) atoms. The molecule has 0 aliphatic rings. The maximum atomic E-state index is 13.7. The maximum absolute atomic E-state index is 13.7. The molecule has 0 aliphatic heterocycles. The number of nitrogens with zero attached hydrogens (tertiary/aromatic N) is 2. The number of aromatic nitrogens is 2. The third kappa shape index (κ3) is 3.44. The molecule has 0 saturated carbocycles. The normalized spacial score (nSPS) is 10.1. The molecular formula is C14H14FN3O3. The number of benzene rings is 1. The standard InChI is InChI=1S/C14H14FN3O3/c1-8-4-5-9(10(15)6-8)13(19)18-14-16-11(20-2)7-12(17-14)21-3/h4-7H,1-3H3,(H,16,17,18,19). The zero-order chi connectivity index (χ0) is 15.4.